The maximum Gasteiger partial charge on any atom is 0.141 e. The molecule has 1 aromatic heterocycles. The summed E-state index contributed by atoms with van der Waals surface area (Å²) in [6.45, 7) is 1.93. The predicted octanol–water partition coefficient (Wildman–Crippen LogP) is 5.27. The van der Waals surface area contributed by atoms with Gasteiger partial charge in [0, 0.05) is 48.9 Å². The zero-order valence-electron chi connectivity index (χ0n) is 15.3. The molecule has 0 fully saturated rings. The molecule has 5 heteroatoms. The number of hydrogen-bond donors (Lipinski definition) is 0. The average Bonchev–Trinajstić information content (AvgIpc) is 3.25. The Morgan fingerprint density at radius 3 is 2.63 bits per heavy atom. The Morgan fingerprint density at radius 1 is 1.00 bits per heavy atom. The van der Waals surface area contributed by atoms with Crippen molar-refractivity contribution in [1.29, 1.82) is 0 Å². The van der Waals surface area contributed by atoms with E-state index >= 15 is 0 Å². The van der Waals surface area contributed by atoms with Crippen LogP contribution in [0.25, 0.3) is 11.4 Å². The van der Waals surface area contributed by atoms with Gasteiger partial charge in [0.1, 0.15) is 5.82 Å². The third-order valence-electron chi connectivity index (χ3n) is 6.02. The van der Waals surface area contributed by atoms with Crippen LogP contribution < -0.4 is 0 Å². The number of imidazole rings is 1. The first kappa shape index (κ1) is 17.3. The van der Waals surface area contributed by atoms with Crippen LogP contribution in [0.15, 0.2) is 42.5 Å². The maximum atomic E-state index is 6.42. The van der Waals surface area contributed by atoms with Gasteiger partial charge < -0.3 is 4.57 Å². The summed E-state index contributed by atoms with van der Waals surface area (Å²) in [5, 5.41) is 1.65. The highest BCUT2D eigenvalue weighted by atomic mass is 35.5. The summed E-state index contributed by atoms with van der Waals surface area (Å²) in [7, 11) is 2.11. The number of hydrogen-bond acceptors (Lipinski definition) is 2. The quantitative estimate of drug-likeness (QED) is 0.587. The lowest BCUT2D eigenvalue weighted by atomic mass is 9.95. The van der Waals surface area contributed by atoms with E-state index in [9.17, 15) is 0 Å². The van der Waals surface area contributed by atoms with E-state index in [0.29, 0.717) is 6.04 Å². The van der Waals surface area contributed by atoms with Crippen LogP contribution in [-0.2, 0) is 33.0 Å². The van der Waals surface area contributed by atoms with E-state index in [2.05, 4.69) is 28.6 Å². The summed E-state index contributed by atoms with van der Waals surface area (Å²) >= 11 is 12.8. The van der Waals surface area contributed by atoms with Crippen LogP contribution in [0, 0.1) is 0 Å². The number of benzene rings is 2. The van der Waals surface area contributed by atoms with Gasteiger partial charge in [-0.15, -0.1) is 0 Å². The van der Waals surface area contributed by atoms with Crippen molar-refractivity contribution in [3.63, 3.8) is 0 Å². The van der Waals surface area contributed by atoms with Crippen LogP contribution in [0.2, 0.25) is 10.0 Å². The Labute approximate surface area is 169 Å². The van der Waals surface area contributed by atoms with Crippen LogP contribution in [0.1, 0.15) is 28.9 Å². The largest absolute Gasteiger partial charge is 0.331 e. The van der Waals surface area contributed by atoms with E-state index in [1.54, 1.807) is 0 Å². The summed E-state index contributed by atoms with van der Waals surface area (Å²) < 4.78 is 2.22. The molecule has 27 heavy (non-hydrogen) atoms. The zero-order valence-corrected chi connectivity index (χ0v) is 16.8. The highest BCUT2D eigenvalue weighted by Gasteiger charge is 2.32. The van der Waals surface area contributed by atoms with Gasteiger partial charge in [-0.05, 0) is 42.2 Å². The Morgan fingerprint density at radius 2 is 1.81 bits per heavy atom. The monoisotopic (exact) mass is 397 g/mol. The molecule has 0 saturated heterocycles. The molecule has 0 spiro atoms. The first-order valence-corrected chi connectivity index (χ1v) is 10.2. The Kier molecular flexibility index (Phi) is 4.27. The van der Waals surface area contributed by atoms with Gasteiger partial charge in [0.2, 0.25) is 0 Å². The Bertz CT molecular complexity index is 1020. The highest BCUT2D eigenvalue weighted by molar-refractivity contribution is 6.33. The molecule has 138 valence electrons. The molecule has 1 aliphatic heterocycles. The van der Waals surface area contributed by atoms with Gasteiger partial charge in [0.25, 0.3) is 0 Å². The summed E-state index contributed by atoms with van der Waals surface area (Å²) in [4.78, 5) is 7.55. The fourth-order valence-electron chi connectivity index (χ4n) is 4.55. The molecular weight excluding hydrogens is 377 g/mol. The molecule has 2 heterocycles. The lowest BCUT2D eigenvalue weighted by Crippen LogP contribution is -2.36. The minimum Gasteiger partial charge on any atom is -0.331 e. The number of nitrogens with zero attached hydrogens (tertiary/aromatic N) is 3. The number of halogens is 2. The first-order chi connectivity index (χ1) is 13.1. The smallest absolute Gasteiger partial charge is 0.141 e. The van der Waals surface area contributed by atoms with Crippen LogP contribution >= 0.6 is 23.2 Å². The number of aromatic nitrogens is 2. The second kappa shape index (κ2) is 6.66. The summed E-state index contributed by atoms with van der Waals surface area (Å²) in [6.07, 6.45) is 3.19. The molecule has 0 radical (unpaired) electrons. The Balaban J connectivity index is 1.42. The summed E-state index contributed by atoms with van der Waals surface area (Å²) in [6, 6.07) is 14.7. The van der Waals surface area contributed by atoms with Crippen molar-refractivity contribution < 1.29 is 0 Å². The van der Waals surface area contributed by atoms with Crippen LogP contribution in [-0.4, -0.2) is 20.5 Å². The van der Waals surface area contributed by atoms with E-state index in [1.165, 1.54) is 22.5 Å². The fraction of sp³-hybridized carbons (Fsp3) is 0.318. The van der Waals surface area contributed by atoms with Gasteiger partial charge in [0.15, 0.2) is 0 Å². The molecule has 1 unspecified atom stereocenters. The third-order valence-corrected chi connectivity index (χ3v) is 6.71. The molecule has 0 saturated carbocycles. The molecule has 3 aromatic rings. The minimum absolute atomic E-state index is 0.509. The highest BCUT2D eigenvalue weighted by Crippen LogP contribution is 2.36. The van der Waals surface area contributed by atoms with Gasteiger partial charge in [-0.3, -0.25) is 4.90 Å². The van der Waals surface area contributed by atoms with E-state index < -0.39 is 0 Å². The minimum atomic E-state index is 0.509. The zero-order chi connectivity index (χ0) is 18.5. The van der Waals surface area contributed by atoms with E-state index in [-0.39, 0.29) is 0 Å². The predicted molar refractivity (Wildman–Crippen MR) is 110 cm³/mol. The molecule has 1 aliphatic carbocycles. The average molecular weight is 398 g/mol. The molecule has 0 bridgehead atoms. The van der Waals surface area contributed by atoms with Crippen molar-refractivity contribution in [3.05, 3.63) is 75.0 Å². The molecule has 2 aliphatic rings. The van der Waals surface area contributed by atoms with Crippen molar-refractivity contribution >= 4 is 23.2 Å². The van der Waals surface area contributed by atoms with Crippen LogP contribution in [0.4, 0.5) is 0 Å². The van der Waals surface area contributed by atoms with Crippen molar-refractivity contribution in [2.45, 2.75) is 38.4 Å². The molecule has 0 N–H and O–H groups in total. The van der Waals surface area contributed by atoms with Crippen molar-refractivity contribution in [2.75, 3.05) is 0 Å². The first-order valence-electron chi connectivity index (χ1n) is 9.41. The van der Waals surface area contributed by atoms with Crippen molar-refractivity contribution in [3.8, 4) is 11.4 Å². The SMILES string of the molecule is Cn1c(-c2ccccc2Cl)nc2c1CCC(N1Cc3cccc(Cl)c3C1)C2. The topological polar surface area (TPSA) is 21.1 Å². The van der Waals surface area contributed by atoms with E-state index in [0.717, 1.165) is 53.8 Å². The summed E-state index contributed by atoms with van der Waals surface area (Å²) in [5.74, 6) is 0.971. The molecule has 2 aromatic carbocycles. The van der Waals surface area contributed by atoms with Gasteiger partial charge in [-0.25, -0.2) is 4.98 Å². The third kappa shape index (κ3) is 2.89. The van der Waals surface area contributed by atoms with Gasteiger partial charge >= 0.3 is 0 Å². The molecule has 3 nitrogen and oxygen atoms in total. The maximum absolute atomic E-state index is 6.42. The molecule has 5 rings (SSSR count). The molecule has 0 amide bonds. The van der Waals surface area contributed by atoms with Gasteiger partial charge in [-0.2, -0.15) is 0 Å². The van der Waals surface area contributed by atoms with E-state index in [1.807, 2.05) is 30.3 Å². The lowest BCUT2D eigenvalue weighted by molar-refractivity contribution is 0.179. The number of rotatable bonds is 2. The molecule has 1 atom stereocenters. The Hall–Kier alpha value is -1.81. The second-order valence-electron chi connectivity index (χ2n) is 7.55. The van der Waals surface area contributed by atoms with E-state index in [4.69, 9.17) is 28.2 Å². The molecular formula is C22H21Cl2N3. The van der Waals surface area contributed by atoms with Crippen molar-refractivity contribution in [1.82, 2.24) is 14.5 Å². The fourth-order valence-corrected chi connectivity index (χ4v) is 5.03. The van der Waals surface area contributed by atoms with Crippen LogP contribution in [0.3, 0.4) is 0 Å². The van der Waals surface area contributed by atoms with Crippen molar-refractivity contribution in [2.24, 2.45) is 7.05 Å². The second-order valence-corrected chi connectivity index (χ2v) is 8.36. The van der Waals surface area contributed by atoms with Gasteiger partial charge in [-0.1, -0.05) is 47.5 Å². The van der Waals surface area contributed by atoms with Crippen LogP contribution in [0.5, 0.6) is 0 Å². The summed E-state index contributed by atoms with van der Waals surface area (Å²) in [5.41, 5.74) is 6.23. The normalized spacial score (nSPS) is 19.1. The standard InChI is InChI=1S/C22H21Cl2N3/c1-26-21-10-9-15(27-12-14-5-4-8-19(24)17(14)13-27)11-20(21)25-22(26)16-6-2-3-7-18(16)23/h2-8,15H,9-13H2,1H3. The number of fused-ring (bicyclic) bond motifs is 2. The van der Waals surface area contributed by atoms with Gasteiger partial charge in [0.05, 0.1) is 10.7 Å². The lowest BCUT2D eigenvalue weighted by Gasteiger charge is -2.30.